The van der Waals surface area contributed by atoms with Gasteiger partial charge in [-0.2, -0.15) is 0 Å². The van der Waals surface area contributed by atoms with Crippen LogP contribution in [0.15, 0.2) is 0 Å². The van der Waals surface area contributed by atoms with Gasteiger partial charge in [-0.25, -0.2) is 0 Å². The molecular weight excluding hydrogens is 394 g/mol. The van der Waals surface area contributed by atoms with Gasteiger partial charge in [0.05, 0.1) is 0 Å². The van der Waals surface area contributed by atoms with Gasteiger partial charge in [-0.15, -0.1) is 0 Å². The molecule has 1 fully saturated rings. The maximum absolute atomic E-state index is 7.07. The third kappa shape index (κ3) is 11.1. The summed E-state index contributed by atoms with van der Waals surface area (Å²) in [5.74, 6) is 7.34. The topological polar surface area (TPSA) is 49.9 Å². The van der Waals surface area contributed by atoms with E-state index in [2.05, 4.69) is 44.3 Å². The molecule has 5 heteroatoms. The summed E-state index contributed by atoms with van der Waals surface area (Å²) in [6, 6.07) is 0. The van der Waals surface area contributed by atoms with E-state index in [9.17, 15) is 0 Å². The third-order valence-electron chi connectivity index (χ3n) is 3.53. The summed E-state index contributed by atoms with van der Waals surface area (Å²) in [5.41, 5.74) is 6.04. The van der Waals surface area contributed by atoms with E-state index in [0.29, 0.717) is 12.1 Å². The van der Waals surface area contributed by atoms with Crippen molar-refractivity contribution in [2.45, 2.75) is 67.3 Å². The van der Waals surface area contributed by atoms with E-state index in [1.807, 2.05) is 31.2 Å². The van der Waals surface area contributed by atoms with Crippen molar-refractivity contribution in [3.05, 3.63) is 29.6 Å². The van der Waals surface area contributed by atoms with E-state index in [4.69, 9.17) is 11.1 Å². The number of halogens is 2. The molecule has 2 nitrogen and oxygen atoms in total. The minimum absolute atomic E-state index is 0. The first-order valence-corrected chi connectivity index (χ1v) is 8.73. The van der Waals surface area contributed by atoms with E-state index < -0.39 is 0 Å². The average molecular weight is 423 g/mol. The molecule has 21 heavy (non-hydrogen) atoms. The third-order valence-corrected chi connectivity index (χ3v) is 3.53. The molecule has 0 bridgehead atoms. The second-order valence-electron chi connectivity index (χ2n) is 6.07. The van der Waals surface area contributed by atoms with Crippen LogP contribution in [0.1, 0.15) is 61.8 Å². The van der Waals surface area contributed by atoms with Gasteiger partial charge in [-0.3, -0.25) is 0 Å². The summed E-state index contributed by atoms with van der Waals surface area (Å²) in [7, 11) is 4.53. The molecule has 1 aliphatic carbocycles. The first-order valence-electron chi connectivity index (χ1n) is 6.62. The van der Waals surface area contributed by atoms with Crippen LogP contribution in [0.25, 0.3) is 0 Å². The van der Waals surface area contributed by atoms with Gasteiger partial charge in [0.25, 0.3) is 0 Å². The molecule has 0 aliphatic heterocycles. The quantitative estimate of drug-likeness (QED) is 0.517. The van der Waals surface area contributed by atoms with Crippen molar-refractivity contribution in [1.82, 2.24) is 0 Å². The Labute approximate surface area is 153 Å². The number of nitrogens with two attached hydrogens (primary N) is 1. The van der Waals surface area contributed by atoms with Crippen LogP contribution in [-0.2, 0) is 17.3 Å². The Morgan fingerprint density at radius 1 is 0.952 bits per heavy atom. The second kappa shape index (κ2) is 12.3. The van der Waals surface area contributed by atoms with Crippen molar-refractivity contribution in [3.63, 3.8) is 0 Å². The fourth-order valence-electron chi connectivity index (χ4n) is 2.09. The molecule has 0 aromatic rings. The molecule has 0 spiro atoms. The van der Waals surface area contributed by atoms with Crippen molar-refractivity contribution in [1.29, 1.82) is 5.41 Å². The maximum atomic E-state index is 7.07. The van der Waals surface area contributed by atoms with E-state index in [1.165, 1.54) is 29.6 Å². The SMILES string of the molecule is CC(=N)CC(C)(C)N.C[C]1[C](C)[C](C)[C](C)[C]1C.[Cl-].[Cl][Rh+2]. The average Bonchev–Trinajstić information content (AvgIpc) is 2.48. The monoisotopic (exact) mass is 422 g/mol. The van der Waals surface area contributed by atoms with Crippen molar-refractivity contribution < 1.29 is 29.7 Å². The van der Waals surface area contributed by atoms with Crippen LogP contribution in [-0.4, -0.2) is 11.3 Å². The van der Waals surface area contributed by atoms with Crippen LogP contribution in [0.5, 0.6) is 0 Å². The van der Waals surface area contributed by atoms with Crippen molar-refractivity contribution in [2.75, 3.05) is 0 Å². The van der Waals surface area contributed by atoms with Gasteiger partial charge >= 0.3 is 27.0 Å². The Hall–Kier alpha value is 0.833. The van der Waals surface area contributed by atoms with Gasteiger partial charge in [-0.1, -0.05) is 34.6 Å². The molecular formula is C16H29Cl2N2Rh+. The predicted octanol–water partition coefficient (Wildman–Crippen LogP) is 1.82. The fraction of sp³-hybridized carbons (Fsp3) is 0.625. The van der Waals surface area contributed by atoms with Gasteiger partial charge in [-0.05, 0) is 50.4 Å². The van der Waals surface area contributed by atoms with Crippen molar-refractivity contribution in [3.8, 4) is 0 Å². The molecule has 125 valence electrons. The standard InChI is InChI=1S/C10H15.C6H14N2.2ClH.Rh/c1-6-7(2)9(4)10(5)8(6)3;1-5(7)4-6(2,3)8;;;/h1-5H3;7H,4,8H2,1-3H3;2*1H;/q;;;;+3/p-2. The summed E-state index contributed by atoms with van der Waals surface area (Å²) in [4.78, 5) is 0. The van der Waals surface area contributed by atoms with E-state index in [0.717, 1.165) is 0 Å². The zero-order valence-electron chi connectivity index (χ0n) is 14.4. The molecule has 0 aromatic heterocycles. The predicted molar refractivity (Wildman–Crippen MR) is 86.7 cm³/mol. The number of hydrogen-bond acceptors (Lipinski definition) is 2. The normalized spacial score (nSPS) is 18.2. The van der Waals surface area contributed by atoms with E-state index >= 15 is 0 Å². The van der Waals surface area contributed by atoms with Crippen molar-refractivity contribution in [2.24, 2.45) is 5.73 Å². The van der Waals surface area contributed by atoms with Crippen LogP contribution in [0.2, 0.25) is 0 Å². The summed E-state index contributed by atoms with van der Waals surface area (Å²) in [6.07, 6.45) is 0.687. The van der Waals surface area contributed by atoms with Gasteiger partial charge in [0.15, 0.2) is 0 Å². The van der Waals surface area contributed by atoms with Gasteiger partial charge in [0.1, 0.15) is 0 Å². The zero-order valence-corrected chi connectivity index (χ0v) is 17.5. The zero-order chi connectivity index (χ0) is 16.7. The first kappa shape index (κ1) is 26.7. The van der Waals surface area contributed by atoms with Crippen LogP contribution in [0.3, 0.4) is 0 Å². The van der Waals surface area contributed by atoms with Crippen LogP contribution < -0.4 is 18.1 Å². The summed E-state index contributed by atoms with van der Waals surface area (Å²) >= 11 is 2.02. The molecule has 0 heterocycles. The Morgan fingerprint density at radius 2 is 1.14 bits per heavy atom. The number of nitrogens with one attached hydrogen (secondary N) is 1. The fourth-order valence-corrected chi connectivity index (χ4v) is 2.09. The summed E-state index contributed by atoms with van der Waals surface area (Å²) < 4.78 is 0. The first-order chi connectivity index (χ1) is 8.97. The van der Waals surface area contributed by atoms with E-state index in [-0.39, 0.29) is 17.9 Å². The molecule has 0 aromatic carbocycles. The molecule has 1 saturated carbocycles. The van der Waals surface area contributed by atoms with E-state index in [1.54, 1.807) is 6.92 Å². The second-order valence-corrected chi connectivity index (χ2v) is 6.07. The summed E-state index contributed by atoms with van der Waals surface area (Å²) in [5, 5.41) is 7.07. The Bertz CT molecular complexity index is 235. The molecule has 1 rings (SSSR count). The molecule has 3 N–H and O–H groups in total. The summed E-state index contributed by atoms with van der Waals surface area (Å²) in [6.45, 7) is 16.6. The van der Waals surface area contributed by atoms with Crippen LogP contribution in [0.4, 0.5) is 0 Å². The van der Waals surface area contributed by atoms with Gasteiger partial charge in [0.2, 0.25) is 0 Å². The van der Waals surface area contributed by atoms with Crippen molar-refractivity contribution >= 4 is 15.4 Å². The van der Waals surface area contributed by atoms with Crippen LogP contribution >= 0.6 is 9.69 Å². The molecule has 1 aliphatic rings. The number of rotatable bonds is 2. The Balaban J connectivity index is -0.000000270. The Morgan fingerprint density at radius 3 is 1.19 bits per heavy atom. The molecule has 0 atom stereocenters. The molecule has 0 amide bonds. The molecule has 5 radical (unpaired) electrons. The minimum atomic E-state index is -0.203. The molecule has 0 saturated heterocycles. The number of hydrogen-bond donors (Lipinski definition) is 2. The van der Waals surface area contributed by atoms with Crippen LogP contribution in [0, 0.1) is 35.0 Å². The van der Waals surface area contributed by atoms with Gasteiger partial charge in [0, 0.05) is 17.7 Å². The molecule has 0 unspecified atom stereocenters. The Kier molecular flexibility index (Phi) is 15.6. The van der Waals surface area contributed by atoms with Gasteiger partial charge < -0.3 is 23.5 Å².